The van der Waals surface area contributed by atoms with Crippen molar-refractivity contribution in [2.45, 2.75) is 41.2 Å². The van der Waals surface area contributed by atoms with Gasteiger partial charge in [0.2, 0.25) is 9.84 Å². The van der Waals surface area contributed by atoms with Crippen molar-refractivity contribution in [3.05, 3.63) is 40.6 Å². The molecule has 1 aromatic heterocycles. The fraction of sp³-hybridized carbons (Fsp3) is 0.389. The van der Waals surface area contributed by atoms with Gasteiger partial charge in [-0.3, -0.25) is 25.0 Å². The molecule has 1 saturated carbocycles. The molecule has 0 aliphatic heterocycles. The molecule has 0 bridgehead atoms. The van der Waals surface area contributed by atoms with Gasteiger partial charge in [0, 0.05) is 12.1 Å². The Hall–Kier alpha value is -2.86. The third-order valence-corrected chi connectivity index (χ3v) is 7.78. The molecular weight excluding hydrogens is 434 g/mol. The van der Waals surface area contributed by atoms with Crippen LogP contribution in [0.3, 0.4) is 0 Å². The van der Waals surface area contributed by atoms with Crippen molar-refractivity contribution in [1.29, 1.82) is 0 Å². The molecule has 0 spiro atoms. The summed E-state index contributed by atoms with van der Waals surface area (Å²) in [5.41, 5.74) is -0.228. The number of nitrogens with one attached hydrogen (secondary N) is 1. The molecular formula is C18H19N3O7S2. The molecule has 0 radical (unpaired) electrons. The minimum Gasteiger partial charge on any atom is -0.455 e. The lowest BCUT2D eigenvalue weighted by Gasteiger charge is -2.19. The molecule has 1 aliphatic rings. The number of carbonyl (C=O) groups excluding carboxylic acids is 2. The Morgan fingerprint density at radius 1 is 1.20 bits per heavy atom. The molecule has 160 valence electrons. The van der Waals surface area contributed by atoms with Gasteiger partial charge in [-0.25, -0.2) is 13.4 Å². The maximum atomic E-state index is 12.6. The van der Waals surface area contributed by atoms with Crippen LogP contribution in [0.25, 0.3) is 0 Å². The normalized spacial score (nSPS) is 14.8. The largest absolute Gasteiger partial charge is 0.455 e. The first-order valence-corrected chi connectivity index (χ1v) is 11.5. The van der Waals surface area contributed by atoms with Gasteiger partial charge in [0.05, 0.1) is 21.9 Å². The van der Waals surface area contributed by atoms with Gasteiger partial charge in [-0.2, -0.15) is 0 Å². The first kappa shape index (κ1) is 21.8. The predicted molar refractivity (Wildman–Crippen MR) is 107 cm³/mol. The number of anilines is 1. The quantitative estimate of drug-likeness (QED) is 0.382. The highest BCUT2D eigenvalue weighted by Gasteiger charge is 2.24. The van der Waals surface area contributed by atoms with Gasteiger partial charge in [0.15, 0.2) is 11.7 Å². The molecule has 3 rings (SSSR count). The summed E-state index contributed by atoms with van der Waals surface area (Å²) in [5, 5.41) is 13.1. The highest BCUT2D eigenvalue weighted by Crippen LogP contribution is 2.29. The Morgan fingerprint density at radius 3 is 2.50 bits per heavy atom. The van der Waals surface area contributed by atoms with Crippen LogP contribution in [0.2, 0.25) is 0 Å². The summed E-state index contributed by atoms with van der Waals surface area (Å²) in [6, 6.07) is 4.46. The zero-order valence-corrected chi connectivity index (χ0v) is 17.4. The molecule has 1 amide bonds. The van der Waals surface area contributed by atoms with Gasteiger partial charge in [0.1, 0.15) is 4.21 Å². The van der Waals surface area contributed by atoms with Gasteiger partial charge < -0.3 is 4.74 Å². The number of rotatable bonds is 7. The third kappa shape index (κ3) is 5.19. The van der Waals surface area contributed by atoms with Gasteiger partial charge in [-0.05, 0) is 25.0 Å². The van der Waals surface area contributed by atoms with Crippen molar-refractivity contribution in [2.24, 2.45) is 5.92 Å². The van der Waals surface area contributed by atoms with Crippen LogP contribution < -0.4 is 5.32 Å². The average Bonchev–Trinajstić information content (AvgIpc) is 3.22. The molecule has 1 heterocycles. The van der Waals surface area contributed by atoms with E-state index in [-0.39, 0.29) is 25.8 Å². The number of ether oxygens (including phenoxy) is 1. The fourth-order valence-corrected chi connectivity index (χ4v) is 5.50. The zero-order chi connectivity index (χ0) is 21.7. The maximum Gasteiger partial charge on any atom is 0.309 e. The molecule has 30 heavy (non-hydrogen) atoms. The van der Waals surface area contributed by atoms with Crippen molar-refractivity contribution in [3.8, 4) is 0 Å². The Labute approximate surface area is 176 Å². The summed E-state index contributed by atoms with van der Waals surface area (Å²) in [6.07, 6.45) is 5.65. The van der Waals surface area contributed by atoms with E-state index >= 15 is 0 Å². The van der Waals surface area contributed by atoms with E-state index in [1.165, 1.54) is 0 Å². The van der Waals surface area contributed by atoms with Crippen LogP contribution in [0.1, 0.15) is 32.1 Å². The molecule has 0 atom stereocenters. The standard InChI is InChI=1S/C18H19N3O7S2/c22-15(11-28-17(23)12-4-2-1-3-5-12)20-18-19-10-16(29-18)30(26,27)14-8-6-13(7-9-14)21(24)25/h6-10,12H,1-5,11H2,(H,19,20,22). The summed E-state index contributed by atoms with van der Waals surface area (Å²) < 4.78 is 30.2. The minimum absolute atomic E-state index is 0.0363. The van der Waals surface area contributed by atoms with Crippen molar-refractivity contribution >= 4 is 43.9 Å². The maximum absolute atomic E-state index is 12.6. The highest BCUT2D eigenvalue weighted by molar-refractivity contribution is 7.93. The number of non-ortho nitro benzene ring substituents is 1. The van der Waals surface area contributed by atoms with E-state index in [1.807, 2.05) is 0 Å². The molecule has 12 heteroatoms. The van der Waals surface area contributed by atoms with Crippen LogP contribution in [0.15, 0.2) is 39.6 Å². The average molecular weight is 453 g/mol. The number of amides is 1. The summed E-state index contributed by atoms with van der Waals surface area (Å²) in [4.78, 5) is 37.8. The summed E-state index contributed by atoms with van der Waals surface area (Å²) >= 11 is 0.730. The fourth-order valence-electron chi connectivity index (χ4n) is 3.05. The van der Waals surface area contributed by atoms with E-state index in [1.54, 1.807) is 0 Å². The SMILES string of the molecule is O=C(COC(=O)C1CCCCC1)Nc1ncc(S(=O)(=O)c2ccc([N+](=O)[O-])cc2)s1. The van der Waals surface area contributed by atoms with Crippen LogP contribution in [0.4, 0.5) is 10.8 Å². The first-order valence-electron chi connectivity index (χ1n) is 9.19. The number of benzene rings is 1. The van der Waals surface area contributed by atoms with Gasteiger partial charge in [-0.1, -0.05) is 30.6 Å². The third-order valence-electron chi connectivity index (χ3n) is 4.64. The lowest BCUT2D eigenvalue weighted by molar-refractivity contribution is -0.384. The topological polar surface area (TPSA) is 146 Å². The number of carbonyl (C=O) groups is 2. The zero-order valence-electron chi connectivity index (χ0n) is 15.8. The number of hydrogen-bond acceptors (Lipinski definition) is 9. The van der Waals surface area contributed by atoms with Crippen LogP contribution in [0, 0.1) is 16.0 Å². The van der Waals surface area contributed by atoms with E-state index in [9.17, 15) is 28.1 Å². The van der Waals surface area contributed by atoms with Gasteiger partial charge >= 0.3 is 5.97 Å². The van der Waals surface area contributed by atoms with E-state index in [2.05, 4.69) is 10.3 Å². The summed E-state index contributed by atoms with van der Waals surface area (Å²) in [5.74, 6) is -1.19. The molecule has 0 saturated heterocycles. The number of nitro benzene ring substituents is 1. The number of hydrogen-bond donors (Lipinski definition) is 1. The number of sulfone groups is 1. The second kappa shape index (κ2) is 9.30. The summed E-state index contributed by atoms with van der Waals surface area (Å²) in [7, 11) is -3.94. The Bertz CT molecular complexity index is 1040. The Kier molecular flexibility index (Phi) is 6.77. The monoisotopic (exact) mass is 453 g/mol. The molecule has 1 aromatic carbocycles. The number of esters is 1. The van der Waals surface area contributed by atoms with Crippen LogP contribution >= 0.6 is 11.3 Å². The lowest BCUT2D eigenvalue weighted by Crippen LogP contribution is -2.25. The van der Waals surface area contributed by atoms with E-state index in [0.29, 0.717) is 0 Å². The van der Waals surface area contributed by atoms with Crippen LogP contribution in [-0.4, -0.2) is 36.8 Å². The van der Waals surface area contributed by atoms with Crippen LogP contribution in [-0.2, 0) is 24.2 Å². The van der Waals surface area contributed by atoms with Gasteiger partial charge in [0.25, 0.3) is 11.6 Å². The summed E-state index contributed by atoms with van der Waals surface area (Å²) in [6.45, 7) is -0.473. The molecule has 1 fully saturated rings. The van der Waals surface area contributed by atoms with E-state index in [0.717, 1.165) is 73.9 Å². The van der Waals surface area contributed by atoms with Crippen molar-refractivity contribution < 1.29 is 27.7 Å². The minimum atomic E-state index is -3.94. The number of aromatic nitrogens is 1. The Balaban J connectivity index is 1.59. The lowest BCUT2D eigenvalue weighted by atomic mass is 9.89. The van der Waals surface area contributed by atoms with E-state index < -0.39 is 33.2 Å². The van der Waals surface area contributed by atoms with Crippen molar-refractivity contribution in [1.82, 2.24) is 4.98 Å². The second-order valence-electron chi connectivity index (χ2n) is 6.73. The predicted octanol–water partition coefficient (Wildman–Crippen LogP) is 2.95. The molecule has 2 aromatic rings. The van der Waals surface area contributed by atoms with E-state index in [4.69, 9.17) is 4.74 Å². The van der Waals surface area contributed by atoms with Gasteiger partial charge in [-0.15, -0.1) is 0 Å². The second-order valence-corrected chi connectivity index (χ2v) is 9.94. The van der Waals surface area contributed by atoms with Crippen molar-refractivity contribution in [2.75, 3.05) is 11.9 Å². The van der Waals surface area contributed by atoms with Crippen LogP contribution in [0.5, 0.6) is 0 Å². The molecule has 0 unspecified atom stereocenters. The number of thiazole rings is 1. The van der Waals surface area contributed by atoms with Crippen molar-refractivity contribution in [3.63, 3.8) is 0 Å². The first-order chi connectivity index (χ1) is 14.3. The molecule has 1 aliphatic carbocycles. The highest BCUT2D eigenvalue weighted by atomic mass is 32.2. The Morgan fingerprint density at radius 2 is 1.87 bits per heavy atom. The number of nitrogens with zero attached hydrogens (tertiary/aromatic N) is 2. The smallest absolute Gasteiger partial charge is 0.309 e. The molecule has 1 N–H and O–H groups in total. The number of nitro groups is 1. The molecule has 10 nitrogen and oxygen atoms in total.